The van der Waals surface area contributed by atoms with Gasteiger partial charge in [-0.15, -0.1) is 0 Å². The Kier molecular flexibility index (Phi) is 3.89. The molecule has 0 aromatic heterocycles. The lowest BCUT2D eigenvalue weighted by Gasteiger charge is -2.16. The molecule has 0 radical (unpaired) electrons. The van der Waals surface area contributed by atoms with E-state index in [4.69, 9.17) is 10.00 Å². The first-order valence-electron chi connectivity index (χ1n) is 5.25. The molecule has 1 aromatic carbocycles. The number of rotatable bonds is 4. The Labute approximate surface area is 95.7 Å². The Morgan fingerprint density at radius 2 is 2.12 bits per heavy atom. The minimum Gasteiger partial charge on any atom is -0.493 e. The van der Waals surface area contributed by atoms with E-state index in [-0.39, 0.29) is 11.2 Å². The van der Waals surface area contributed by atoms with Gasteiger partial charge in [0.05, 0.1) is 18.1 Å². The molecule has 1 rings (SSSR count). The van der Waals surface area contributed by atoms with E-state index in [1.54, 1.807) is 13.0 Å². The molecule has 0 unspecified atom stereocenters. The van der Waals surface area contributed by atoms with E-state index >= 15 is 0 Å². The van der Waals surface area contributed by atoms with Crippen molar-refractivity contribution in [3.63, 3.8) is 0 Å². The molecule has 0 aliphatic carbocycles. The van der Waals surface area contributed by atoms with Crippen LogP contribution in [0.2, 0.25) is 0 Å². The largest absolute Gasteiger partial charge is 0.493 e. The van der Waals surface area contributed by atoms with E-state index in [2.05, 4.69) is 6.07 Å². The highest BCUT2D eigenvalue weighted by Gasteiger charge is 2.16. The van der Waals surface area contributed by atoms with Gasteiger partial charge in [-0.1, -0.05) is 0 Å². The molecular weight excluding hydrogens is 205 g/mol. The molecule has 0 saturated heterocycles. The fourth-order valence-electron chi connectivity index (χ4n) is 1.25. The average Bonchev–Trinajstić information content (AvgIpc) is 2.21. The summed E-state index contributed by atoms with van der Waals surface area (Å²) in [5.74, 6) is 0.414. The number of benzene rings is 1. The van der Waals surface area contributed by atoms with Crippen LogP contribution in [0.25, 0.3) is 0 Å². The summed E-state index contributed by atoms with van der Waals surface area (Å²) in [6, 6.07) is 6.63. The predicted octanol–water partition coefficient (Wildman–Crippen LogP) is 3.45. The highest BCUT2D eigenvalue weighted by Crippen LogP contribution is 2.22. The SMILES string of the molecule is Cc1cc(F)ccc1OCCC(C)(C)C#N. The maximum atomic E-state index is 12.8. The zero-order valence-electron chi connectivity index (χ0n) is 9.88. The molecular formula is C13H16FNO. The number of hydrogen-bond acceptors (Lipinski definition) is 2. The van der Waals surface area contributed by atoms with E-state index < -0.39 is 0 Å². The van der Waals surface area contributed by atoms with Gasteiger partial charge in [0.25, 0.3) is 0 Å². The van der Waals surface area contributed by atoms with Crippen LogP contribution in [-0.2, 0) is 0 Å². The molecule has 2 nitrogen and oxygen atoms in total. The first-order valence-corrected chi connectivity index (χ1v) is 5.25. The van der Waals surface area contributed by atoms with Crippen LogP contribution >= 0.6 is 0 Å². The highest BCUT2D eigenvalue weighted by atomic mass is 19.1. The number of nitriles is 1. The molecule has 0 N–H and O–H groups in total. The predicted molar refractivity (Wildman–Crippen MR) is 60.6 cm³/mol. The van der Waals surface area contributed by atoms with Crippen LogP contribution < -0.4 is 4.74 Å². The average molecular weight is 221 g/mol. The van der Waals surface area contributed by atoms with E-state index in [0.717, 1.165) is 5.56 Å². The molecule has 86 valence electrons. The lowest BCUT2D eigenvalue weighted by atomic mass is 9.92. The normalized spacial score (nSPS) is 10.9. The molecule has 16 heavy (non-hydrogen) atoms. The molecule has 0 fully saturated rings. The molecule has 0 bridgehead atoms. The Morgan fingerprint density at radius 1 is 1.44 bits per heavy atom. The Bertz CT molecular complexity index is 407. The van der Waals surface area contributed by atoms with Gasteiger partial charge in [0.1, 0.15) is 11.6 Å². The molecule has 0 aliphatic rings. The quantitative estimate of drug-likeness (QED) is 0.780. The Morgan fingerprint density at radius 3 is 2.69 bits per heavy atom. The van der Waals surface area contributed by atoms with Gasteiger partial charge in [-0.3, -0.25) is 0 Å². The fraction of sp³-hybridized carbons (Fsp3) is 0.462. The van der Waals surface area contributed by atoms with Crippen molar-refractivity contribution in [2.45, 2.75) is 27.2 Å². The second-order valence-electron chi connectivity index (χ2n) is 4.50. The van der Waals surface area contributed by atoms with E-state index in [1.807, 2.05) is 13.8 Å². The van der Waals surface area contributed by atoms with Gasteiger partial charge >= 0.3 is 0 Å². The van der Waals surface area contributed by atoms with Crippen molar-refractivity contribution in [2.75, 3.05) is 6.61 Å². The van der Waals surface area contributed by atoms with Crippen LogP contribution in [0.5, 0.6) is 5.75 Å². The molecule has 3 heteroatoms. The van der Waals surface area contributed by atoms with Crippen LogP contribution in [0.15, 0.2) is 18.2 Å². The van der Waals surface area contributed by atoms with Crippen molar-refractivity contribution in [1.82, 2.24) is 0 Å². The standard InChI is InChI=1S/C13H16FNO/c1-10-8-11(14)4-5-12(10)16-7-6-13(2,3)9-15/h4-5,8H,6-7H2,1-3H3. The summed E-state index contributed by atoms with van der Waals surface area (Å²) in [5, 5.41) is 8.83. The van der Waals surface area contributed by atoms with Crippen molar-refractivity contribution < 1.29 is 9.13 Å². The minimum atomic E-state index is -0.381. The van der Waals surface area contributed by atoms with Gasteiger partial charge in [-0.2, -0.15) is 5.26 Å². The molecule has 0 aliphatic heterocycles. The summed E-state index contributed by atoms with van der Waals surface area (Å²) in [7, 11) is 0. The zero-order valence-corrected chi connectivity index (χ0v) is 9.88. The summed E-state index contributed by atoms with van der Waals surface area (Å²) < 4.78 is 18.3. The van der Waals surface area contributed by atoms with Crippen LogP contribution in [0.1, 0.15) is 25.8 Å². The third-order valence-electron chi connectivity index (χ3n) is 2.42. The third-order valence-corrected chi connectivity index (χ3v) is 2.42. The third kappa shape index (κ3) is 3.54. The number of halogens is 1. The van der Waals surface area contributed by atoms with Gasteiger partial charge in [0, 0.05) is 0 Å². The smallest absolute Gasteiger partial charge is 0.123 e. The van der Waals surface area contributed by atoms with Gasteiger partial charge in [0.15, 0.2) is 0 Å². The summed E-state index contributed by atoms with van der Waals surface area (Å²) in [5.41, 5.74) is 0.392. The topological polar surface area (TPSA) is 33.0 Å². The fourth-order valence-corrected chi connectivity index (χ4v) is 1.25. The second-order valence-corrected chi connectivity index (χ2v) is 4.50. The Hall–Kier alpha value is -1.56. The van der Waals surface area contributed by atoms with Crippen molar-refractivity contribution in [2.24, 2.45) is 5.41 Å². The summed E-state index contributed by atoms with van der Waals surface area (Å²) in [4.78, 5) is 0. The monoisotopic (exact) mass is 221 g/mol. The second kappa shape index (κ2) is 4.98. The van der Waals surface area contributed by atoms with Gasteiger partial charge in [-0.05, 0) is 51.0 Å². The van der Waals surface area contributed by atoms with Crippen molar-refractivity contribution >= 4 is 0 Å². The number of nitrogens with zero attached hydrogens (tertiary/aromatic N) is 1. The van der Waals surface area contributed by atoms with Crippen LogP contribution in [0, 0.1) is 29.5 Å². The summed E-state index contributed by atoms with van der Waals surface area (Å²) in [6.45, 7) is 6.00. The molecule has 0 atom stereocenters. The minimum absolute atomic E-state index is 0.262. The van der Waals surface area contributed by atoms with Crippen molar-refractivity contribution in [3.05, 3.63) is 29.6 Å². The number of ether oxygens (including phenoxy) is 1. The van der Waals surface area contributed by atoms with Crippen LogP contribution in [0.4, 0.5) is 4.39 Å². The first kappa shape index (κ1) is 12.5. The highest BCUT2D eigenvalue weighted by molar-refractivity contribution is 5.32. The van der Waals surface area contributed by atoms with Gasteiger partial charge in [0.2, 0.25) is 0 Å². The van der Waals surface area contributed by atoms with E-state index in [1.165, 1.54) is 12.1 Å². The maximum absolute atomic E-state index is 12.8. The molecule has 0 heterocycles. The van der Waals surface area contributed by atoms with Gasteiger partial charge < -0.3 is 4.74 Å². The van der Waals surface area contributed by atoms with Crippen LogP contribution in [0.3, 0.4) is 0 Å². The summed E-state index contributed by atoms with van der Waals surface area (Å²) in [6.07, 6.45) is 0.653. The molecule has 0 saturated carbocycles. The van der Waals surface area contributed by atoms with Crippen molar-refractivity contribution in [3.8, 4) is 11.8 Å². The van der Waals surface area contributed by atoms with E-state index in [9.17, 15) is 4.39 Å². The Balaban J connectivity index is 2.53. The van der Waals surface area contributed by atoms with E-state index in [0.29, 0.717) is 18.8 Å². The van der Waals surface area contributed by atoms with Crippen LogP contribution in [-0.4, -0.2) is 6.61 Å². The lowest BCUT2D eigenvalue weighted by molar-refractivity contribution is 0.262. The maximum Gasteiger partial charge on any atom is 0.123 e. The summed E-state index contributed by atoms with van der Waals surface area (Å²) >= 11 is 0. The number of aryl methyl sites for hydroxylation is 1. The zero-order chi connectivity index (χ0) is 12.2. The lowest BCUT2D eigenvalue weighted by Crippen LogP contribution is -2.13. The van der Waals surface area contributed by atoms with Crippen molar-refractivity contribution in [1.29, 1.82) is 5.26 Å². The molecule has 0 amide bonds. The molecule has 0 spiro atoms. The number of hydrogen-bond donors (Lipinski definition) is 0. The van der Waals surface area contributed by atoms with Gasteiger partial charge in [-0.25, -0.2) is 4.39 Å². The first-order chi connectivity index (χ1) is 7.44. The molecule has 1 aromatic rings.